The Kier molecular flexibility index (Phi) is 76.4. The Labute approximate surface area is 629 Å². The second-order valence-electron chi connectivity index (χ2n) is 28.4. The molecule has 0 rings (SSSR count). The van der Waals surface area contributed by atoms with Crippen LogP contribution in [-0.4, -0.2) is 70.0 Å². The van der Waals surface area contributed by atoms with Crippen LogP contribution in [0.25, 0.3) is 0 Å². The first-order valence-electron chi connectivity index (χ1n) is 41.5. The van der Waals surface area contributed by atoms with Crippen molar-refractivity contribution in [1.82, 2.24) is 0 Å². The fraction of sp³-hybridized carbons (Fsp3) is 0.652. The van der Waals surface area contributed by atoms with Crippen LogP contribution in [0.15, 0.2) is 182 Å². The van der Waals surface area contributed by atoms with Gasteiger partial charge in [0.1, 0.15) is 19.8 Å². The van der Waals surface area contributed by atoms with Crippen LogP contribution < -0.4 is 4.89 Å². The molecule has 0 heterocycles. The van der Waals surface area contributed by atoms with Gasteiger partial charge in [-0.2, -0.15) is 0 Å². The molecule has 0 aromatic heterocycles. The van der Waals surface area contributed by atoms with Crippen LogP contribution in [0, 0.1) is 0 Å². The maximum Gasteiger partial charge on any atom is 0.306 e. The summed E-state index contributed by atoms with van der Waals surface area (Å²) in [6.07, 6.45) is 123. The molecular formula is C92H154NO8P. The van der Waals surface area contributed by atoms with E-state index >= 15 is 0 Å². The van der Waals surface area contributed by atoms with Gasteiger partial charge < -0.3 is 27.9 Å². The highest BCUT2D eigenvalue weighted by atomic mass is 31.2. The molecule has 9 nitrogen and oxygen atoms in total. The highest BCUT2D eigenvalue weighted by Crippen LogP contribution is 2.38. The van der Waals surface area contributed by atoms with Crippen LogP contribution in [-0.2, 0) is 32.7 Å². The normalized spacial score (nSPS) is 14.0. The number of carbonyl (C=O) groups excluding carboxylic acids is 2. The third-order valence-corrected chi connectivity index (χ3v) is 18.4. The lowest BCUT2D eigenvalue weighted by Crippen LogP contribution is -2.37. The largest absolute Gasteiger partial charge is 0.756 e. The number of allylic oxidation sites excluding steroid dienone is 30. The van der Waals surface area contributed by atoms with E-state index in [1.807, 2.05) is 21.1 Å². The van der Waals surface area contributed by atoms with Crippen LogP contribution in [0.4, 0.5) is 0 Å². The van der Waals surface area contributed by atoms with E-state index in [1.54, 1.807) is 0 Å². The van der Waals surface area contributed by atoms with Gasteiger partial charge in [-0.1, -0.05) is 369 Å². The summed E-state index contributed by atoms with van der Waals surface area (Å²) in [7, 11) is 1.13. The summed E-state index contributed by atoms with van der Waals surface area (Å²) in [6, 6.07) is 0. The summed E-state index contributed by atoms with van der Waals surface area (Å²) < 4.78 is 34.4. The minimum absolute atomic E-state index is 0.0448. The Morgan fingerprint density at radius 2 is 0.529 bits per heavy atom. The van der Waals surface area contributed by atoms with Crippen molar-refractivity contribution in [2.24, 2.45) is 0 Å². The van der Waals surface area contributed by atoms with Crippen LogP contribution in [0.1, 0.15) is 335 Å². The van der Waals surface area contributed by atoms with Gasteiger partial charge >= 0.3 is 11.9 Å². The van der Waals surface area contributed by atoms with Crippen molar-refractivity contribution in [2.45, 2.75) is 341 Å². The topological polar surface area (TPSA) is 111 Å². The van der Waals surface area contributed by atoms with Gasteiger partial charge in [0.25, 0.3) is 7.82 Å². The molecule has 0 fully saturated rings. The molecule has 0 amide bonds. The first kappa shape index (κ1) is 97.1. The Hall–Kier alpha value is -4.89. The van der Waals surface area contributed by atoms with Crippen molar-refractivity contribution in [3.05, 3.63) is 182 Å². The Morgan fingerprint density at radius 3 is 0.794 bits per heavy atom. The van der Waals surface area contributed by atoms with Gasteiger partial charge in [-0.05, 0) is 135 Å². The molecule has 0 saturated carbocycles. The highest BCUT2D eigenvalue weighted by Gasteiger charge is 2.22. The number of esters is 2. The molecule has 0 N–H and O–H groups in total. The zero-order valence-electron chi connectivity index (χ0n) is 66.2. The molecule has 0 aromatic carbocycles. The van der Waals surface area contributed by atoms with E-state index in [1.165, 1.54) is 167 Å². The second-order valence-corrected chi connectivity index (χ2v) is 29.8. The third-order valence-electron chi connectivity index (χ3n) is 17.4. The van der Waals surface area contributed by atoms with Crippen LogP contribution in [0.5, 0.6) is 0 Å². The smallest absolute Gasteiger partial charge is 0.306 e. The number of nitrogens with zero attached hydrogens (tertiary/aromatic N) is 1. The summed E-state index contributed by atoms with van der Waals surface area (Å²) in [5.74, 6) is -0.871. The van der Waals surface area contributed by atoms with Gasteiger partial charge in [-0.3, -0.25) is 14.2 Å². The molecule has 10 heteroatoms. The maximum atomic E-state index is 12.9. The number of rotatable bonds is 75. The molecule has 2 unspecified atom stereocenters. The summed E-state index contributed by atoms with van der Waals surface area (Å²) >= 11 is 0. The number of likely N-dealkylation sites (N-methyl/N-ethyl adjacent to an activating group) is 1. The van der Waals surface area contributed by atoms with Gasteiger partial charge in [0, 0.05) is 12.8 Å². The predicted molar refractivity (Wildman–Crippen MR) is 443 cm³/mol. The number of phosphoric acid groups is 1. The van der Waals surface area contributed by atoms with Crippen LogP contribution in [0.3, 0.4) is 0 Å². The SMILES string of the molecule is CC/C=C\C/C=C\C/C=C\C/C=C\C/C=C\C/C=C\C/C=C\C/C=C\C/C=C\C/C=C\C/C=C\CCCCCC(=O)OC(COC(=O)CCCCCCCCCCCCCCCCCCCCCCCCCCCCCC/C=C\C/C=C\C/C=C\C/C=C\CC)COP(=O)([O-])OCC[N+](C)(C)C. The number of carbonyl (C=O) groups is 2. The van der Waals surface area contributed by atoms with E-state index in [0.717, 1.165) is 135 Å². The van der Waals surface area contributed by atoms with Gasteiger partial charge in [-0.25, -0.2) is 0 Å². The van der Waals surface area contributed by atoms with Gasteiger partial charge in [0.05, 0.1) is 27.7 Å². The zero-order valence-corrected chi connectivity index (χ0v) is 67.1. The number of quaternary nitrogens is 1. The average Bonchev–Trinajstić information content (AvgIpc) is 0.913. The molecule has 102 heavy (non-hydrogen) atoms. The minimum Gasteiger partial charge on any atom is -0.756 e. The number of hydrogen-bond donors (Lipinski definition) is 0. The lowest BCUT2D eigenvalue weighted by Gasteiger charge is -2.28. The van der Waals surface area contributed by atoms with E-state index in [4.69, 9.17) is 18.5 Å². The molecular weight excluding hydrogens is 1280 g/mol. The predicted octanol–water partition coefficient (Wildman–Crippen LogP) is 27.5. The van der Waals surface area contributed by atoms with Gasteiger partial charge in [-0.15, -0.1) is 0 Å². The Morgan fingerprint density at radius 1 is 0.304 bits per heavy atom. The second kappa shape index (κ2) is 80.2. The van der Waals surface area contributed by atoms with Crippen molar-refractivity contribution in [2.75, 3.05) is 47.5 Å². The molecule has 0 aliphatic rings. The molecule has 2 atom stereocenters. The fourth-order valence-corrected chi connectivity index (χ4v) is 11.9. The minimum atomic E-state index is -4.67. The summed E-state index contributed by atoms with van der Waals surface area (Å²) in [5.41, 5.74) is 0. The van der Waals surface area contributed by atoms with Gasteiger partial charge in [0.2, 0.25) is 0 Å². The Bertz CT molecular complexity index is 2390. The first-order chi connectivity index (χ1) is 50.0. The molecule has 0 bridgehead atoms. The van der Waals surface area contributed by atoms with Crippen LogP contribution in [0.2, 0.25) is 0 Å². The first-order valence-corrected chi connectivity index (χ1v) is 43.0. The van der Waals surface area contributed by atoms with Crippen molar-refractivity contribution in [1.29, 1.82) is 0 Å². The lowest BCUT2D eigenvalue weighted by atomic mass is 10.0. The molecule has 0 spiro atoms. The standard InChI is InChI=1S/C92H154NO8P/c1-6-8-10-12-14-16-18-20-22-24-26-28-30-32-34-36-38-40-42-44-45-46-47-49-50-52-54-56-58-60-62-64-66-68-70-72-74-76-78-80-82-84-91(94)98-88-90(89-100-102(96,97)99-87-86-93(3,4)5)101-92(95)85-83-81-79-77-75-73-71-69-67-65-63-61-59-57-55-53-51-48-43-41-39-37-35-33-31-29-27-25-23-21-19-17-15-13-11-9-7-2/h8-11,14-17,20-23,26-29,33,35,39,41,48,51,55,57,61,63,67,69,73,75,90H,6-7,12-13,18-19,24-25,30-32,34,36-38,40,42-47,49-50,52-54,56,58-60,62,64-66,68,70-72,74,76-89H2,1-5H3/b10-8-,11-9-,16-14-,17-15-,22-20-,23-21-,28-26-,29-27-,35-33-,41-39-,51-48-,57-55-,63-61-,69-67-,75-73-. The molecule has 0 aliphatic heterocycles. The summed E-state index contributed by atoms with van der Waals surface area (Å²) in [5, 5.41) is 0. The molecule has 580 valence electrons. The van der Waals surface area contributed by atoms with E-state index in [0.29, 0.717) is 17.4 Å². The molecule has 0 saturated heterocycles. The molecule has 0 aromatic rings. The molecule has 0 aliphatic carbocycles. The Balaban J connectivity index is 4.03. The van der Waals surface area contributed by atoms with E-state index in [-0.39, 0.29) is 26.1 Å². The quantitative estimate of drug-likeness (QED) is 0.0195. The number of ether oxygens (including phenoxy) is 2. The average molecular weight is 1430 g/mol. The van der Waals surface area contributed by atoms with E-state index < -0.39 is 32.5 Å². The maximum absolute atomic E-state index is 12.9. The lowest BCUT2D eigenvalue weighted by molar-refractivity contribution is -0.870. The number of unbranched alkanes of at least 4 members (excludes halogenated alkanes) is 31. The van der Waals surface area contributed by atoms with E-state index in [9.17, 15) is 19.0 Å². The monoisotopic (exact) mass is 1430 g/mol. The number of hydrogen-bond acceptors (Lipinski definition) is 8. The third kappa shape index (κ3) is 84.1. The fourth-order valence-electron chi connectivity index (χ4n) is 11.2. The van der Waals surface area contributed by atoms with E-state index in [2.05, 4.69) is 196 Å². The highest BCUT2D eigenvalue weighted by molar-refractivity contribution is 7.45. The van der Waals surface area contributed by atoms with Crippen molar-refractivity contribution >= 4 is 19.8 Å². The molecule has 0 radical (unpaired) electrons. The van der Waals surface area contributed by atoms with Gasteiger partial charge in [0.15, 0.2) is 6.10 Å². The van der Waals surface area contributed by atoms with Crippen molar-refractivity contribution in [3.8, 4) is 0 Å². The van der Waals surface area contributed by atoms with Crippen LogP contribution >= 0.6 is 7.82 Å². The van der Waals surface area contributed by atoms with Crippen molar-refractivity contribution < 1.29 is 42.1 Å². The summed E-state index contributed by atoms with van der Waals surface area (Å²) in [6.45, 7) is 3.99. The zero-order chi connectivity index (χ0) is 74.0. The van der Waals surface area contributed by atoms with Crippen molar-refractivity contribution in [3.63, 3.8) is 0 Å². The summed E-state index contributed by atoms with van der Waals surface area (Å²) in [4.78, 5) is 38.2. The number of phosphoric ester groups is 1.